The van der Waals surface area contributed by atoms with Crippen LogP contribution in [-0.2, 0) is 11.3 Å². The van der Waals surface area contributed by atoms with Crippen LogP contribution >= 0.6 is 0 Å². The Labute approximate surface area is 176 Å². The number of ether oxygens (including phenoxy) is 2. The summed E-state index contributed by atoms with van der Waals surface area (Å²) in [4.78, 5) is 27.1. The average Bonchev–Trinajstić information content (AvgIpc) is 2.79. The summed E-state index contributed by atoms with van der Waals surface area (Å²) in [7, 11) is 3.21. The van der Waals surface area contributed by atoms with Gasteiger partial charge in [0, 0.05) is 19.7 Å². The van der Waals surface area contributed by atoms with Crippen LogP contribution < -0.4 is 15.6 Å². The van der Waals surface area contributed by atoms with Crippen molar-refractivity contribution in [3.63, 3.8) is 0 Å². The number of amides is 1. The van der Waals surface area contributed by atoms with Gasteiger partial charge in [-0.15, -0.1) is 0 Å². The van der Waals surface area contributed by atoms with E-state index in [4.69, 9.17) is 9.47 Å². The fourth-order valence-electron chi connectivity index (χ4n) is 3.70. The van der Waals surface area contributed by atoms with E-state index < -0.39 is 0 Å². The van der Waals surface area contributed by atoms with Crippen LogP contribution in [0.15, 0.2) is 41.2 Å². The van der Waals surface area contributed by atoms with Gasteiger partial charge in [-0.05, 0) is 49.7 Å². The Balaban J connectivity index is 1.72. The lowest BCUT2D eigenvalue weighted by molar-refractivity contribution is 0.0916. The summed E-state index contributed by atoms with van der Waals surface area (Å²) in [6.07, 6.45) is 3.56. The summed E-state index contributed by atoms with van der Waals surface area (Å²) in [5.41, 5.74) is 1.10. The molecule has 2 aromatic rings. The number of hydrogen-bond acceptors (Lipinski definition) is 6. The zero-order valence-corrected chi connectivity index (χ0v) is 17.7. The average molecular weight is 415 g/mol. The minimum absolute atomic E-state index is 0.0690. The topological polar surface area (TPSA) is 85.7 Å². The first-order chi connectivity index (χ1) is 14.6. The molecule has 0 saturated carbocycles. The fourth-order valence-corrected chi connectivity index (χ4v) is 3.70. The van der Waals surface area contributed by atoms with Crippen LogP contribution in [0.25, 0.3) is 0 Å². The van der Waals surface area contributed by atoms with E-state index in [1.807, 2.05) is 24.3 Å². The number of rotatable bonds is 9. The number of benzene rings is 1. The third kappa shape index (κ3) is 5.67. The van der Waals surface area contributed by atoms with Gasteiger partial charge in [-0.3, -0.25) is 14.5 Å². The van der Waals surface area contributed by atoms with E-state index in [1.165, 1.54) is 23.2 Å². The van der Waals surface area contributed by atoms with E-state index in [-0.39, 0.29) is 23.2 Å². The lowest BCUT2D eigenvalue weighted by Gasteiger charge is -2.35. The predicted octanol–water partition coefficient (Wildman–Crippen LogP) is 1.86. The van der Waals surface area contributed by atoms with Crippen molar-refractivity contribution in [2.24, 2.45) is 0 Å². The molecule has 3 rings (SSSR count). The second-order valence-electron chi connectivity index (χ2n) is 7.37. The summed E-state index contributed by atoms with van der Waals surface area (Å²) in [6.45, 7) is 3.13. The van der Waals surface area contributed by atoms with E-state index in [1.54, 1.807) is 14.2 Å². The number of nitrogens with one attached hydrogen (secondary N) is 1. The highest BCUT2D eigenvalue weighted by atomic mass is 16.5. The second-order valence-corrected chi connectivity index (χ2v) is 7.37. The second kappa shape index (κ2) is 10.9. The minimum Gasteiger partial charge on any atom is -0.497 e. The molecule has 1 saturated heterocycles. The Morgan fingerprint density at radius 3 is 2.50 bits per heavy atom. The van der Waals surface area contributed by atoms with Crippen LogP contribution in [-0.4, -0.2) is 61.0 Å². The van der Waals surface area contributed by atoms with Gasteiger partial charge < -0.3 is 14.8 Å². The highest BCUT2D eigenvalue weighted by Crippen LogP contribution is 2.26. The molecule has 1 aromatic carbocycles. The predicted molar refractivity (Wildman–Crippen MR) is 114 cm³/mol. The van der Waals surface area contributed by atoms with Crippen LogP contribution in [0.3, 0.4) is 0 Å². The van der Waals surface area contributed by atoms with Gasteiger partial charge in [0.15, 0.2) is 0 Å². The molecule has 1 N–H and O–H groups in total. The molecule has 0 aliphatic carbocycles. The van der Waals surface area contributed by atoms with Crippen molar-refractivity contribution in [3.05, 3.63) is 58.0 Å². The summed E-state index contributed by atoms with van der Waals surface area (Å²) in [6, 6.07) is 10.9. The maximum atomic E-state index is 12.7. The molecule has 0 spiro atoms. The van der Waals surface area contributed by atoms with E-state index in [0.717, 1.165) is 37.2 Å². The number of aromatic nitrogens is 2. The van der Waals surface area contributed by atoms with E-state index in [9.17, 15) is 9.59 Å². The highest BCUT2D eigenvalue weighted by molar-refractivity contribution is 5.92. The maximum Gasteiger partial charge on any atom is 0.271 e. The van der Waals surface area contributed by atoms with Gasteiger partial charge in [0.05, 0.1) is 26.3 Å². The third-order valence-electron chi connectivity index (χ3n) is 5.39. The third-order valence-corrected chi connectivity index (χ3v) is 5.39. The quantitative estimate of drug-likeness (QED) is 0.674. The maximum absolute atomic E-state index is 12.7. The molecule has 8 heteroatoms. The Morgan fingerprint density at radius 2 is 1.83 bits per heavy atom. The summed E-state index contributed by atoms with van der Waals surface area (Å²) < 4.78 is 11.5. The van der Waals surface area contributed by atoms with Gasteiger partial charge in [0.25, 0.3) is 11.5 Å². The molecule has 8 nitrogen and oxygen atoms in total. The van der Waals surface area contributed by atoms with Crippen LogP contribution in [0.4, 0.5) is 0 Å². The Kier molecular flexibility index (Phi) is 7.98. The van der Waals surface area contributed by atoms with Crippen molar-refractivity contribution in [1.29, 1.82) is 0 Å². The van der Waals surface area contributed by atoms with E-state index in [0.29, 0.717) is 19.7 Å². The molecule has 1 aliphatic rings. The van der Waals surface area contributed by atoms with Gasteiger partial charge in [-0.25, -0.2) is 4.68 Å². The van der Waals surface area contributed by atoms with Gasteiger partial charge in [0.1, 0.15) is 11.4 Å². The normalized spacial score (nSPS) is 15.5. The van der Waals surface area contributed by atoms with Crippen LogP contribution in [0, 0.1) is 0 Å². The van der Waals surface area contributed by atoms with Crippen LogP contribution in [0.2, 0.25) is 0 Å². The number of methoxy groups -OCH3 is 2. The van der Waals surface area contributed by atoms with Gasteiger partial charge >= 0.3 is 0 Å². The van der Waals surface area contributed by atoms with Crippen molar-refractivity contribution in [2.75, 3.05) is 40.5 Å². The SMILES string of the molecule is COCCn1nc(C(=O)NCC(c2ccc(OC)cc2)N2CCCCC2)ccc1=O. The summed E-state index contributed by atoms with van der Waals surface area (Å²) >= 11 is 0. The van der Waals surface area contributed by atoms with Crippen molar-refractivity contribution < 1.29 is 14.3 Å². The smallest absolute Gasteiger partial charge is 0.271 e. The lowest BCUT2D eigenvalue weighted by Crippen LogP contribution is -2.41. The molecule has 0 radical (unpaired) electrons. The van der Waals surface area contributed by atoms with E-state index >= 15 is 0 Å². The number of likely N-dealkylation sites (tertiary alicyclic amines) is 1. The Morgan fingerprint density at radius 1 is 1.10 bits per heavy atom. The molecule has 1 amide bonds. The number of carbonyl (C=O) groups is 1. The van der Waals surface area contributed by atoms with Gasteiger partial charge in [0.2, 0.25) is 0 Å². The molecular formula is C22H30N4O4. The molecule has 1 unspecified atom stereocenters. The van der Waals surface area contributed by atoms with Gasteiger partial charge in [-0.2, -0.15) is 5.10 Å². The molecule has 30 heavy (non-hydrogen) atoms. The monoisotopic (exact) mass is 414 g/mol. The summed E-state index contributed by atoms with van der Waals surface area (Å²) in [5.74, 6) is 0.513. The molecule has 1 atom stereocenters. The standard InChI is InChI=1S/C22H30N4O4/c1-29-15-14-26-21(27)11-10-19(24-26)22(28)23-16-20(25-12-4-3-5-13-25)17-6-8-18(30-2)9-7-17/h6-11,20H,3-5,12-16H2,1-2H3,(H,23,28). The van der Waals surface area contributed by atoms with E-state index in [2.05, 4.69) is 15.3 Å². The zero-order chi connectivity index (χ0) is 21.3. The molecule has 2 heterocycles. The zero-order valence-electron chi connectivity index (χ0n) is 17.7. The van der Waals surface area contributed by atoms with Crippen molar-refractivity contribution in [1.82, 2.24) is 20.0 Å². The fraction of sp³-hybridized carbons (Fsp3) is 0.500. The molecule has 162 valence electrons. The number of carbonyl (C=O) groups excluding carboxylic acids is 1. The van der Waals surface area contributed by atoms with Crippen molar-refractivity contribution in [2.45, 2.75) is 31.8 Å². The van der Waals surface area contributed by atoms with Crippen molar-refractivity contribution in [3.8, 4) is 5.75 Å². The number of hydrogen-bond donors (Lipinski definition) is 1. The van der Waals surface area contributed by atoms with Gasteiger partial charge in [-0.1, -0.05) is 18.6 Å². The minimum atomic E-state index is -0.295. The Hall–Kier alpha value is -2.71. The first-order valence-electron chi connectivity index (χ1n) is 10.4. The molecule has 1 aromatic heterocycles. The first kappa shape index (κ1) is 22.0. The molecule has 0 bridgehead atoms. The Bertz CT molecular complexity index is 875. The number of nitrogens with zero attached hydrogens (tertiary/aromatic N) is 3. The largest absolute Gasteiger partial charge is 0.497 e. The number of piperidine rings is 1. The molecule has 1 aliphatic heterocycles. The van der Waals surface area contributed by atoms with Crippen LogP contribution in [0.1, 0.15) is 41.4 Å². The summed E-state index contributed by atoms with van der Waals surface area (Å²) in [5, 5.41) is 7.18. The van der Waals surface area contributed by atoms with Crippen LogP contribution in [0.5, 0.6) is 5.75 Å². The first-order valence-corrected chi connectivity index (χ1v) is 10.4. The van der Waals surface area contributed by atoms with Crippen molar-refractivity contribution >= 4 is 5.91 Å². The molecular weight excluding hydrogens is 384 g/mol. The lowest BCUT2D eigenvalue weighted by atomic mass is 10.0. The highest BCUT2D eigenvalue weighted by Gasteiger charge is 2.23. The molecule has 1 fully saturated rings.